The quantitative estimate of drug-likeness (QED) is 0.0691. The molecule has 20 rings (SSSR count). The molecule has 0 aliphatic heterocycles. The van der Waals surface area contributed by atoms with E-state index in [4.69, 9.17) is 58.0 Å². The van der Waals surface area contributed by atoms with Crippen molar-refractivity contribution in [2.45, 2.75) is 215 Å². The van der Waals surface area contributed by atoms with E-state index in [2.05, 4.69) is 251 Å². The molecular formula is C118H120ClF2N17O3. The van der Waals surface area contributed by atoms with Crippen molar-refractivity contribution in [1.29, 1.82) is 0 Å². The van der Waals surface area contributed by atoms with Crippen LogP contribution in [0.25, 0.3) is 79.9 Å². The lowest BCUT2D eigenvalue weighted by Gasteiger charge is -2.31. The van der Waals surface area contributed by atoms with Gasteiger partial charge in [0.2, 0.25) is 0 Å². The van der Waals surface area contributed by atoms with Crippen LogP contribution in [0.4, 0.5) is 65.7 Å². The van der Waals surface area contributed by atoms with E-state index in [1.165, 1.54) is 56.9 Å². The van der Waals surface area contributed by atoms with Gasteiger partial charge in [0.05, 0.1) is 50.3 Å². The van der Waals surface area contributed by atoms with E-state index in [0.717, 1.165) is 253 Å². The van der Waals surface area contributed by atoms with Crippen LogP contribution in [0.2, 0.25) is 5.02 Å². The Hall–Kier alpha value is -15.2. The highest BCUT2D eigenvalue weighted by molar-refractivity contribution is 6.32. The zero-order valence-electron chi connectivity index (χ0n) is 84.2. The summed E-state index contributed by atoms with van der Waals surface area (Å²) in [5.74, 6) is 1.74. The molecule has 0 saturated heterocycles. The zero-order chi connectivity index (χ0) is 101. The highest BCUT2D eigenvalue weighted by atomic mass is 35.5. The molecule has 5 aliphatic carbocycles. The number of hydrogen-bond acceptors (Lipinski definition) is 13. The Labute approximate surface area is 832 Å². The van der Waals surface area contributed by atoms with Gasteiger partial charge in [-0.2, -0.15) is 10.2 Å². The second kappa shape index (κ2) is 40.0. The summed E-state index contributed by atoms with van der Waals surface area (Å²) >= 11 is 6.57. The molecule has 0 amide bonds. The summed E-state index contributed by atoms with van der Waals surface area (Å²) in [7, 11) is 10.0. The van der Waals surface area contributed by atoms with E-state index in [1.807, 2.05) is 143 Å². The fourth-order valence-electron chi connectivity index (χ4n) is 20.3. The fraction of sp³-hybridized carbons (Fsp3) is 0.322. The molecule has 10 aromatic carbocycles. The number of aryl methyl sites for hydroxylation is 15. The molecule has 5 saturated carbocycles. The normalized spacial score (nSPS) is 14.8. The first-order valence-corrected chi connectivity index (χ1v) is 48.5. The molecule has 15 aromatic rings. The summed E-state index contributed by atoms with van der Waals surface area (Å²) in [4.78, 5) is 29.5. The van der Waals surface area contributed by atoms with Crippen LogP contribution in [0.3, 0.4) is 0 Å². The van der Waals surface area contributed by atoms with E-state index in [9.17, 15) is 8.78 Å². The van der Waals surface area contributed by atoms with E-state index >= 15 is 0 Å². The molecule has 5 aromatic heterocycles. The van der Waals surface area contributed by atoms with Gasteiger partial charge in [-0.15, -0.1) is 0 Å². The average Bonchev–Trinajstić information content (AvgIpc) is 1.64. The van der Waals surface area contributed by atoms with Crippen LogP contribution in [0.5, 0.6) is 0 Å². The van der Waals surface area contributed by atoms with Crippen LogP contribution in [-0.2, 0) is 27.7 Å². The lowest BCUT2D eigenvalue weighted by molar-refractivity contribution is 0.310. The molecule has 141 heavy (non-hydrogen) atoms. The highest BCUT2D eigenvalue weighted by Gasteiger charge is 2.56. The number of H-pyrrole nitrogens is 2. The Kier molecular flexibility index (Phi) is 28.0. The van der Waals surface area contributed by atoms with Crippen LogP contribution in [-0.4, -0.2) is 71.1 Å². The maximum atomic E-state index is 14.9. The first kappa shape index (κ1) is 98.9. The van der Waals surface area contributed by atoms with Crippen molar-refractivity contribution in [2.75, 3.05) is 59.7 Å². The maximum absolute atomic E-state index is 14.9. The van der Waals surface area contributed by atoms with Crippen molar-refractivity contribution in [3.63, 3.8) is 0 Å². The SMILES string of the molecule is [C-]#[N+]C1(c2ccc(N(C)c3cc(-c4c(C)n[nH]c4C)ccc3C)cc2)CCC1.[C-]#[N+]C1(c2ccc(N(C)c3cc(-c4c(C)n[nH]c4C)ccc3C)cc2)CCCC1.[C-]#[N+]C1(c2ccc(N(C)c3cc(-c4c(C)noc4C)ccc3C)c(F)c2)CC1.[C-]#[N+]C1(c2ccc(N(C)c3cc(-c4c(C)noc4C)ccc3C)cc2Cl)CC1.[C-]#[N+]C1(c2ccc(N(C)c3cc(-c4c(C)noc4C)ccc3C)cc2F)CC1. The van der Waals surface area contributed by atoms with Gasteiger partial charge in [-0.05, 0) is 312 Å². The minimum Gasteiger partial charge on any atom is -0.361 e. The van der Waals surface area contributed by atoms with E-state index in [0.29, 0.717) is 16.3 Å². The van der Waals surface area contributed by atoms with E-state index in [1.54, 1.807) is 12.1 Å². The minimum absolute atomic E-state index is 0.275. The second-order valence-electron chi connectivity index (χ2n) is 38.9. The summed E-state index contributed by atoms with van der Waals surface area (Å²) in [6.07, 6.45) is 12.3. The summed E-state index contributed by atoms with van der Waals surface area (Å²) in [5.41, 5.74) is 35.6. The van der Waals surface area contributed by atoms with Gasteiger partial charge < -0.3 is 62.3 Å². The third kappa shape index (κ3) is 19.5. The Morgan fingerprint density at radius 2 is 0.589 bits per heavy atom. The summed E-state index contributed by atoms with van der Waals surface area (Å²) in [6.45, 7) is 67.7. The topological polar surface area (TPSA) is 173 Å². The number of hydrogen-bond donors (Lipinski definition) is 2. The Balaban J connectivity index is 0.000000127. The van der Waals surface area contributed by atoms with Crippen molar-refractivity contribution in [2.24, 2.45) is 0 Å². The largest absolute Gasteiger partial charge is 0.361 e. The van der Waals surface area contributed by atoms with Crippen LogP contribution < -0.4 is 24.5 Å². The monoisotopic (exact) mass is 1900 g/mol. The zero-order valence-corrected chi connectivity index (χ0v) is 85.0. The predicted octanol–water partition coefficient (Wildman–Crippen LogP) is 31.3. The molecule has 0 bridgehead atoms. The van der Waals surface area contributed by atoms with Crippen molar-refractivity contribution in [3.05, 3.63) is 381 Å². The Morgan fingerprint density at radius 1 is 0.291 bits per heavy atom. The molecule has 0 atom stereocenters. The van der Waals surface area contributed by atoms with E-state index in [-0.39, 0.29) is 22.7 Å². The Morgan fingerprint density at radius 3 is 0.879 bits per heavy atom. The third-order valence-electron chi connectivity index (χ3n) is 29.6. The summed E-state index contributed by atoms with van der Waals surface area (Å²) < 4.78 is 45.7. The lowest BCUT2D eigenvalue weighted by Crippen LogP contribution is -2.30. The summed E-state index contributed by atoms with van der Waals surface area (Å²) in [6, 6.07) is 65.3. The summed E-state index contributed by atoms with van der Waals surface area (Å²) in [5, 5.41) is 27.7. The number of halogens is 3. The predicted molar refractivity (Wildman–Crippen MR) is 564 cm³/mol. The Bertz CT molecular complexity index is 7210. The molecule has 5 heterocycles. The van der Waals surface area contributed by atoms with Gasteiger partial charge >= 0.3 is 0 Å². The lowest BCUT2D eigenvalue weighted by atomic mass is 9.72. The number of aromatic amines is 2. The van der Waals surface area contributed by atoms with Crippen molar-refractivity contribution < 1.29 is 22.4 Å². The molecule has 23 heteroatoms. The number of rotatable bonds is 20. The third-order valence-corrected chi connectivity index (χ3v) is 29.9. The average molecular weight is 1900 g/mol. The van der Waals surface area contributed by atoms with Crippen molar-refractivity contribution >= 4 is 68.5 Å². The van der Waals surface area contributed by atoms with Crippen LogP contribution in [0.15, 0.2) is 208 Å². The number of nitrogens with zero attached hydrogens (tertiary/aromatic N) is 15. The van der Waals surface area contributed by atoms with Crippen LogP contribution in [0.1, 0.15) is 196 Å². The standard InChI is InChI=1S/C25H28N4.C24H26N4.C23H22ClN3O.2C23H22FN3O/c1-17-8-9-20(24-18(2)27-28-19(24)3)16-23(17)29(5)22-12-10-21(11-13-22)25(26-4)14-6-7-15-25;1-16-7-8-19(23-17(2)26-27-18(23)3)15-22(16)28(5)21-11-9-20(10-12-21)24(25-4)13-6-14-24;1-14-6-7-17(22-15(2)26-28-16(22)3)12-21(14)27(5)18-8-9-19(20(24)13-18)23(25-4)10-11-23;1-14-6-7-17(22-15(2)26-28-16(22)3)12-21(14)27(5)20-9-8-18(13-19(20)24)23(25-4)10-11-23;1-14-6-7-17(22-15(2)26-28-16(22)3)12-21(14)27(5)18-8-9-19(20(24)13-18)23(25-4)10-11-23/h8-13,16H,6-7,14-15H2,1-3,5H3,(H,27,28);7-12,15H,6,13-14H2,1-3,5H3,(H,26,27);3*6-9,12-13H,10-11H2,1-3,5H3. The van der Waals surface area contributed by atoms with Gasteiger partial charge in [0, 0.05) is 207 Å². The molecular weight excluding hydrogens is 1780 g/mol. The van der Waals surface area contributed by atoms with Gasteiger partial charge in [-0.3, -0.25) is 10.2 Å². The van der Waals surface area contributed by atoms with Gasteiger partial charge in [0.15, 0.2) is 0 Å². The van der Waals surface area contributed by atoms with Gasteiger partial charge in [-0.25, -0.2) is 41.6 Å². The molecule has 2 N–H and O–H groups in total. The maximum Gasteiger partial charge on any atom is 0.261 e. The second-order valence-corrected chi connectivity index (χ2v) is 39.3. The number of nitrogens with one attached hydrogen (secondary N) is 2. The number of anilines is 10. The minimum atomic E-state index is -0.639. The molecule has 716 valence electrons. The molecule has 5 aliphatic rings. The molecule has 20 nitrogen and oxygen atoms in total. The molecule has 0 spiro atoms. The smallest absolute Gasteiger partial charge is 0.261 e. The molecule has 0 radical (unpaired) electrons. The molecule has 0 unspecified atom stereocenters. The highest BCUT2D eigenvalue weighted by Crippen LogP contribution is 2.56. The van der Waals surface area contributed by atoms with Gasteiger partial charge in [0.1, 0.15) is 28.9 Å². The first-order valence-electron chi connectivity index (χ1n) is 48.1. The van der Waals surface area contributed by atoms with Crippen LogP contribution in [0, 0.1) is 148 Å². The van der Waals surface area contributed by atoms with Crippen molar-refractivity contribution in [1.82, 2.24) is 35.9 Å². The molecule has 5 fully saturated rings. The number of benzene rings is 10. The van der Waals surface area contributed by atoms with Gasteiger partial charge in [0.25, 0.3) is 27.7 Å². The van der Waals surface area contributed by atoms with E-state index < -0.39 is 16.6 Å². The fourth-order valence-corrected chi connectivity index (χ4v) is 20.6. The van der Waals surface area contributed by atoms with Gasteiger partial charge in [-0.1, -0.05) is 87.7 Å². The number of aromatic nitrogens is 7. The van der Waals surface area contributed by atoms with Crippen LogP contribution >= 0.6 is 11.6 Å². The first-order chi connectivity index (χ1) is 67.5. The van der Waals surface area contributed by atoms with Crippen molar-refractivity contribution in [3.8, 4) is 55.6 Å².